The Morgan fingerprint density at radius 2 is 0.790 bits per heavy atom. The number of para-hydroxylation sites is 2. The van der Waals surface area contributed by atoms with Gasteiger partial charge in [-0.15, -0.1) is 0 Å². The van der Waals surface area contributed by atoms with Crippen LogP contribution in [0.4, 0.5) is 11.4 Å². The molecule has 6 aromatic carbocycles. The van der Waals surface area contributed by atoms with Crippen molar-refractivity contribution in [2.45, 2.75) is 74.2 Å². The summed E-state index contributed by atoms with van der Waals surface area (Å²) in [5.74, 6) is 0. The van der Waals surface area contributed by atoms with Crippen LogP contribution in [0.25, 0.3) is 43.6 Å². The van der Waals surface area contributed by atoms with Gasteiger partial charge in [0.25, 0.3) is 0 Å². The molecule has 0 saturated heterocycles. The standard InChI is InChI=1S/C50H52N6O4S2/c1-61(57,58)41-25-21-39(22-26-41)53-51-35-37-19-29-49-45(33-37)43-15-9-11-17-47(43)55(49)31-13-7-5-3-4-6-8-14-32-56-48-18-12-10-16-44(48)46-34-38(20-30-50(46)56)36-52-54-40-23-27-42(28-24-40)62(2,59)60/h9-12,15-30,33-36,53-54H,3-8,13-14,31-32H2,1-2H3/b51-35+,52-36+. The third-order valence-corrected chi connectivity index (χ3v) is 13.7. The molecule has 2 N–H and O–H groups in total. The molecule has 12 heteroatoms. The van der Waals surface area contributed by atoms with Crippen LogP contribution in [0, 0.1) is 0 Å². The topological polar surface area (TPSA) is 127 Å². The number of hydrazone groups is 2. The number of unbranched alkanes of at least 4 members (excludes halogenated alkanes) is 7. The molecular weight excluding hydrogens is 813 g/mol. The Kier molecular flexibility index (Phi) is 12.9. The number of aryl methyl sites for hydroxylation is 2. The molecule has 2 aromatic heterocycles. The van der Waals surface area contributed by atoms with Crippen LogP contribution < -0.4 is 10.9 Å². The Hall–Kier alpha value is -6.24. The lowest BCUT2D eigenvalue weighted by atomic mass is 10.1. The highest BCUT2D eigenvalue weighted by Crippen LogP contribution is 2.32. The van der Waals surface area contributed by atoms with E-state index in [2.05, 4.69) is 115 Å². The Labute approximate surface area is 363 Å². The second-order valence-electron chi connectivity index (χ2n) is 16.1. The van der Waals surface area contributed by atoms with E-state index in [0.29, 0.717) is 0 Å². The highest BCUT2D eigenvalue weighted by Gasteiger charge is 2.13. The maximum atomic E-state index is 11.8. The van der Waals surface area contributed by atoms with E-state index in [0.717, 1.165) is 48.4 Å². The van der Waals surface area contributed by atoms with Crippen LogP contribution in [0.3, 0.4) is 0 Å². The van der Waals surface area contributed by atoms with Crippen molar-refractivity contribution in [1.29, 1.82) is 0 Å². The fourth-order valence-corrected chi connectivity index (χ4v) is 9.56. The van der Waals surface area contributed by atoms with Crippen molar-refractivity contribution in [3.05, 3.63) is 145 Å². The smallest absolute Gasteiger partial charge is 0.175 e. The average Bonchev–Trinajstić information content (AvgIpc) is 3.75. The molecule has 10 nitrogen and oxygen atoms in total. The van der Waals surface area contributed by atoms with Gasteiger partial charge in [0.2, 0.25) is 0 Å². The van der Waals surface area contributed by atoms with Crippen LogP contribution in [0.15, 0.2) is 153 Å². The molecule has 0 amide bonds. The van der Waals surface area contributed by atoms with Crippen molar-refractivity contribution in [2.24, 2.45) is 10.2 Å². The van der Waals surface area contributed by atoms with Crippen molar-refractivity contribution in [3.63, 3.8) is 0 Å². The van der Waals surface area contributed by atoms with Gasteiger partial charge in [0.05, 0.1) is 33.6 Å². The summed E-state index contributed by atoms with van der Waals surface area (Å²) in [6, 6.07) is 43.4. The van der Waals surface area contributed by atoms with Crippen LogP contribution in [-0.4, -0.2) is 50.9 Å². The van der Waals surface area contributed by atoms with Gasteiger partial charge in [-0.05, 0) is 109 Å². The number of sulfone groups is 2. The van der Waals surface area contributed by atoms with Crippen molar-refractivity contribution >= 4 is 87.1 Å². The lowest BCUT2D eigenvalue weighted by molar-refractivity contribution is 0.536. The van der Waals surface area contributed by atoms with E-state index in [1.807, 2.05) is 0 Å². The van der Waals surface area contributed by atoms with Crippen LogP contribution in [-0.2, 0) is 32.8 Å². The maximum absolute atomic E-state index is 11.8. The molecule has 0 aliphatic rings. The number of rotatable bonds is 19. The Morgan fingerprint density at radius 1 is 0.435 bits per heavy atom. The number of nitrogens with one attached hydrogen (secondary N) is 2. The second-order valence-corrected chi connectivity index (χ2v) is 20.1. The average molecular weight is 865 g/mol. The molecule has 318 valence electrons. The number of fused-ring (bicyclic) bond motifs is 6. The predicted octanol–water partition coefficient (Wildman–Crippen LogP) is 11.4. The molecule has 8 rings (SSSR count). The summed E-state index contributed by atoms with van der Waals surface area (Å²) in [6.45, 7) is 1.96. The zero-order chi connectivity index (χ0) is 43.1. The molecule has 8 aromatic rings. The minimum absolute atomic E-state index is 0.282. The first kappa shape index (κ1) is 42.5. The van der Waals surface area contributed by atoms with Crippen molar-refractivity contribution in [1.82, 2.24) is 9.13 Å². The number of hydrogen-bond donors (Lipinski definition) is 2. The summed E-state index contributed by atoms with van der Waals surface area (Å²) in [4.78, 5) is 0.564. The second kappa shape index (κ2) is 18.8. The maximum Gasteiger partial charge on any atom is 0.175 e. The number of anilines is 2. The molecule has 0 unspecified atom stereocenters. The monoisotopic (exact) mass is 864 g/mol. The summed E-state index contributed by atoms with van der Waals surface area (Å²) in [7, 11) is -6.48. The van der Waals surface area contributed by atoms with Crippen molar-refractivity contribution < 1.29 is 16.8 Å². The zero-order valence-electron chi connectivity index (χ0n) is 35.2. The lowest BCUT2D eigenvalue weighted by Crippen LogP contribution is -1.98. The molecular formula is C50H52N6O4S2. The van der Waals surface area contributed by atoms with E-state index in [4.69, 9.17) is 0 Å². The predicted molar refractivity (Wildman–Crippen MR) is 257 cm³/mol. The minimum atomic E-state index is -3.24. The summed E-state index contributed by atoms with van der Waals surface area (Å²) in [6.07, 6.45) is 15.7. The first-order valence-corrected chi connectivity index (χ1v) is 25.0. The van der Waals surface area contributed by atoms with E-state index in [1.165, 1.54) is 94.6 Å². The SMILES string of the molecule is CS(=O)(=O)c1ccc(N/N=C/c2ccc3c(c2)c2ccccc2n3CCCCCCCCCCn2c3ccccc3c3cc(/C=N/Nc4ccc(S(C)(=O)=O)cc4)ccc32)cc1. The van der Waals surface area contributed by atoms with E-state index < -0.39 is 19.7 Å². The van der Waals surface area contributed by atoms with Crippen LogP contribution in [0.5, 0.6) is 0 Å². The van der Waals surface area contributed by atoms with E-state index >= 15 is 0 Å². The minimum Gasteiger partial charge on any atom is -0.340 e. The molecule has 0 atom stereocenters. The van der Waals surface area contributed by atoms with Gasteiger partial charge in [-0.2, -0.15) is 10.2 Å². The molecule has 0 fully saturated rings. The highest BCUT2D eigenvalue weighted by atomic mass is 32.2. The van der Waals surface area contributed by atoms with E-state index in [9.17, 15) is 16.8 Å². The molecule has 0 radical (unpaired) electrons. The zero-order valence-corrected chi connectivity index (χ0v) is 36.8. The van der Waals surface area contributed by atoms with Gasteiger partial charge in [-0.25, -0.2) is 16.8 Å². The number of aromatic nitrogens is 2. The molecule has 62 heavy (non-hydrogen) atoms. The van der Waals surface area contributed by atoms with Crippen molar-refractivity contribution in [3.8, 4) is 0 Å². The molecule has 0 saturated carbocycles. The lowest BCUT2D eigenvalue weighted by Gasteiger charge is -2.09. The Balaban J connectivity index is 0.792. The van der Waals surface area contributed by atoms with Crippen LogP contribution in [0.2, 0.25) is 0 Å². The van der Waals surface area contributed by atoms with Gasteiger partial charge in [-0.1, -0.05) is 87.1 Å². The quantitative estimate of drug-likeness (QED) is 0.0473. The van der Waals surface area contributed by atoms with Gasteiger partial charge in [0.15, 0.2) is 19.7 Å². The van der Waals surface area contributed by atoms with Gasteiger partial charge in [0, 0.05) is 69.2 Å². The fraction of sp³-hybridized carbons (Fsp3) is 0.240. The highest BCUT2D eigenvalue weighted by molar-refractivity contribution is 7.91. The van der Waals surface area contributed by atoms with Gasteiger partial charge in [0.1, 0.15) is 0 Å². The van der Waals surface area contributed by atoms with Gasteiger partial charge in [-0.3, -0.25) is 10.9 Å². The van der Waals surface area contributed by atoms with Crippen molar-refractivity contribution in [2.75, 3.05) is 23.4 Å². The third-order valence-electron chi connectivity index (χ3n) is 11.5. The summed E-state index contributed by atoms with van der Waals surface area (Å²) < 4.78 is 52.0. The fourth-order valence-electron chi connectivity index (χ4n) is 8.30. The first-order valence-electron chi connectivity index (χ1n) is 21.2. The van der Waals surface area contributed by atoms with Gasteiger partial charge >= 0.3 is 0 Å². The molecule has 0 aliphatic heterocycles. The van der Waals surface area contributed by atoms with E-state index in [-0.39, 0.29) is 9.79 Å². The normalized spacial score (nSPS) is 12.5. The Bertz CT molecular complexity index is 2920. The Morgan fingerprint density at radius 3 is 1.18 bits per heavy atom. The number of benzene rings is 6. The summed E-state index contributed by atoms with van der Waals surface area (Å²) >= 11 is 0. The largest absolute Gasteiger partial charge is 0.340 e. The number of hydrogen-bond acceptors (Lipinski definition) is 8. The molecule has 0 bridgehead atoms. The van der Waals surface area contributed by atoms with Crippen LogP contribution >= 0.6 is 0 Å². The number of nitrogens with zero attached hydrogens (tertiary/aromatic N) is 4. The third kappa shape index (κ3) is 9.93. The van der Waals surface area contributed by atoms with E-state index in [1.54, 1.807) is 61.0 Å². The summed E-state index contributed by atoms with van der Waals surface area (Å²) in [5, 5.41) is 13.7. The molecule has 0 aliphatic carbocycles. The first-order chi connectivity index (χ1) is 30.0. The molecule has 0 spiro atoms. The summed E-state index contributed by atoms with van der Waals surface area (Å²) in [5.41, 5.74) is 14.4. The van der Waals surface area contributed by atoms with Crippen LogP contribution in [0.1, 0.15) is 62.5 Å². The van der Waals surface area contributed by atoms with Gasteiger partial charge < -0.3 is 9.13 Å². The molecule has 2 heterocycles.